The predicted molar refractivity (Wildman–Crippen MR) is 43.2 cm³/mol. The van der Waals surface area contributed by atoms with Crippen LogP contribution in [0.4, 0.5) is 0 Å². The molecule has 0 unspecified atom stereocenters. The van der Waals surface area contributed by atoms with Gasteiger partial charge in [-0.3, -0.25) is 0 Å². The van der Waals surface area contributed by atoms with E-state index in [2.05, 4.69) is 16.4 Å². The highest BCUT2D eigenvalue weighted by atomic mass is 35.5. The first-order valence-electron chi connectivity index (χ1n) is 3.32. The lowest BCUT2D eigenvalue weighted by Gasteiger charge is -1.96. The fourth-order valence-corrected chi connectivity index (χ4v) is 0.947. The zero-order chi connectivity index (χ0) is 7.23. The van der Waals surface area contributed by atoms with E-state index in [9.17, 15) is 0 Å². The molecule has 2 nitrogen and oxygen atoms in total. The quantitative estimate of drug-likeness (QED) is 0.387. The molecule has 0 aliphatic rings. The van der Waals surface area contributed by atoms with E-state index < -0.39 is 0 Å². The maximum absolute atomic E-state index is 5.42. The van der Waals surface area contributed by atoms with Crippen molar-refractivity contribution in [2.45, 2.75) is 6.42 Å². The number of hydrogen-bond donors (Lipinski definition) is 2. The van der Waals surface area contributed by atoms with Gasteiger partial charge in [0.25, 0.3) is 0 Å². The van der Waals surface area contributed by atoms with E-state index in [0.29, 0.717) is 6.00 Å². The zero-order valence-corrected chi connectivity index (χ0v) is 6.49. The summed E-state index contributed by atoms with van der Waals surface area (Å²) < 4.78 is 0. The normalized spacial score (nSPS) is 10.1. The first kappa shape index (κ1) is 7.63. The average Bonchev–Trinajstić information content (AvgIpc) is 2.41. The maximum atomic E-state index is 5.42. The summed E-state index contributed by atoms with van der Waals surface area (Å²) in [4.78, 5) is 3.11. The molecule has 0 aliphatic carbocycles. The number of nitrogens with one attached hydrogen (secondary N) is 2. The predicted octanol–water partition coefficient (Wildman–Crippen LogP) is 1.34. The smallest absolute Gasteiger partial charge is 0.0713 e. The monoisotopic (exact) mass is 158 g/mol. The molecule has 0 radical (unpaired) electrons. The molecule has 10 heavy (non-hydrogen) atoms. The number of rotatable bonds is 4. The van der Waals surface area contributed by atoms with Gasteiger partial charge in [-0.25, -0.2) is 0 Å². The van der Waals surface area contributed by atoms with Crippen LogP contribution in [0.5, 0.6) is 0 Å². The summed E-state index contributed by atoms with van der Waals surface area (Å²) in [6, 6.07) is 4.59. The molecule has 0 bridgehead atoms. The topological polar surface area (TPSA) is 27.8 Å². The Bertz CT molecular complexity index is 160. The summed E-state index contributed by atoms with van der Waals surface area (Å²) in [7, 11) is 0. The number of H-pyrrole nitrogens is 1. The highest BCUT2D eigenvalue weighted by Crippen LogP contribution is 1.93. The highest BCUT2D eigenvalue weighted by Gasteiger charge is 1.89. The molecule has 0 saturated heterocycles. The lowest BCUT2D eigenvalue weighted by atomic mass is 10.3. The summed E-state index contributed by atoms with van der Waals surface area (Å²) in [6.07, 6.45) is 2.94. The molecule has 0 spiro atoms. The molecular weight excluding hydrogens is 148 g/mol. The van der Waals surface area contributed by atoms with Crippen molar-refractivity contribution < 1.29 is 0 Å². The summed E-state index contributed by atoms with van der Waals surface area (Å²) in [5, 5.41) is 3.03. The van der Waals surface area contributed by atoms with E-state index in [1.807, 2.05) is 12.3 Å². The van der Waals surface area contributed by atoms with Gasteiger partial charge in [-0.15, -0.1) is 11.6 Å². The van der Waals surface area contributed by atoms with Gasteiger partial charge >= 0.3 is 0 Å². The Morgan fingerprint density at radius 3 is 3.10 bits per heavy atom. The zero-order valence-electron chi connectivity index (χ0n) is 5.73. The Hall–Kier alpha value is -0.470. The van der Waals surface area contributed by atoms with Crippen molar-refractivity contribution in [3.63, 3.8) is 0 Å². The van der Waals surface area contributed by atoms with Gasteiger partial charge in [0.15, 0.2) is 0 Å². The van der Waals surface area contributed by atoms with Gasteiger partial charge in [0, 0.05) is 18.4 Å². The lowest BCUT2D eigenvalue weighted by molar-refractivity contribution is 0.760. The van der Waals surface area contributed by atoms with Crippen LogP contribution in [0.3, 0.4) is 0 Å². The number of hydrogen-bond acceptors (Lipinski definition) is 1. The molecule has 0 fully saturated rings. The van der Waals surface area contributed by atoms with Crippen LogP contribution in [0, 0.1) is 0 Å². The van der Waals surface area contributed by atoms with Crippen molar-refractivity contribution in [2.75, 3.05) is 12.5 Å². The van der Waals surface area contributed by atoms with Gasteiger partial charge < -0.3 is 10.3 Å². The van der Waals surface area contributed by atoms with Gasteiger partial charge in [0.2, 0.25) is 0 Å². The van der Waals surface area contributed by atoms with Crippen molar-refractivity contribution in [3.05, 3.63) is 24.0 Å². The van der Waals surface area contributed by atoms with E-state index in [1.165, 1.54) is 5.69 Å². The van der Waals surface area contributed by atoms with E-state index in [0.717, 1.165) is 13.0 Å². The molecule has 0 atom stereocenters. The SMILES string of the molecule is ClCNCCc1ccc[nH]1. The van der Waals surface area contributed by atoms with E-state index in [4.69, 9.17) is 11.6 Å². The summed E-state index contributed by atoms with van der Waals surface area (Å²) in [5.74, 6) is 0. The molecule has 3 heteroatoms. The minimum Gasteiger partial charge on any atom is -0.365 e. The Labute approximate surface area is 65.6 Å². The van der Waals surface area contributed by atoms with Crippen molar-refractivity contribution in [1.29, 1.82) is 0 Å². The van der Waals surface area contributed by atoms with E-state index >= 15 is 0 Å². The van der Waals surface area contributed by atoms with Crippen LogP contribution in [0.15, 0.2) is 18.3 Å². The maximum Gasteiger partial charge on any atom is 0.0713 e. The summed E-state index contributed by atoms with van der Waals surface area (Å²) in [6.45, 7) is 0.935. The second-order valence-corrected chi connectivity index (χ2v) is 2.35. The Kier molecular flexibility index (Phi) is 3.33. The minimum absolute atomic E-state index is 0.528. The number of aromatic nitrogens is 1. The first-order valence-corrected chi connectivity index (χ1v) is 3.86. The van der Waals surface area contributed by atoms with Crippen LogP contribution in [0.25, 0.3) is 0 Å². The Morgan fingerprint density at radius 2 is 2.50 bits per heavy atom. The van der Waals surface area contributed by atoms with Gasteiger partial charge in [0.05, 0.1) is 6.00 Å². The molecule has 0 aliphatic heterocycles. The third kappa shape index (κ3) is 2.42. The molecule has 1 aromatic heterocycles. The number of alkyl halides is 1. The fourth-order valence-electron chi connectivity index (χ4n) is 0.813. The van der Waals surface area contributed by atoms with E-state index in [-0.39, 0.29) is 0 Å². The van der Waals surface area contributed by atoms with Crippen LogP contribution < -0.4 is 5.32 Å². The van der Waals surface area contributed by atoms with Crippen LogP contribution >= 0.6 is 11.6 Å². The summed E-state index contributed by atoms with van der Waals surface area (Å²) >= 11 is 5.42. The van der Waals surface area contributed by atoms with E-state index in [1.54, 1.807) is 0 Å². The van der Waals surface area contributed by atoms with Gasteiger partial charge in [-0.05, 0) is 18.6 Å². The molecule has 0 amide bonds. The molecular formula is C7H11ClN2. The molecule has 0 aromatic carbocycles. The summed E-state index contributed by atoms with van der Waals surface area (Å²) in [5.41, 5.74) is 1.25. The largest absolute Gasteiger partial charge is 0.365 e. The van der Waals surface area contributed by atoms with Crippen molar-refractivity contribution in [2.24, 2.45) is 0 Å². The minimum atomic E-state index is 0.528. The van der Waals surface area contributed by atoms with Crippen LogP contribution in [-0.2, 0) is 6.42 Å². The molecule has 2 N–H and O–H groups in total. The molecule has 0 saturated carbocycles. The highest BCUT2D eigenvalue weighted by molar-refractivity contribution is 6.17. The van der Waals surface area contributed by atoms with Crippen LogP contribution in [-0.4, -0.2) is 17.5 Å². The van der Waals surface area contributed by atoms with Gasteiger partial charge in [-0.1, -0.05) is 0 Å². The van der Waals surface area contributed by atoms with Crippen LogP contribution in [0.2, 0.25) is 0 Å². The Balaban J connectivity index is 2.15. The fraction of sp³-hybridized carbons (Fsp3) is 0.429. The van der Waals surface area contributed by atoms with Gasteiger partial charge in [-0.2, -0.15) is 0 Å². The van der Waals surface area contributed by atoms with Crippen molar-refractivity contribution in [1.82, 2.24) is 10.3 Å². The average molecular weight is 159 g/mol. The molecule has 56 valence electrons. The Morgan fingerprint density at radius 1 is 1.60 bits per heavy atom. The third-order valence-electron chi connectivity index (χ3n) is 1.33. The molecule has 1 heterocycles. The third-order valence-corrected chi connectivity index (χ3v) is 1.52. The second-order valence-electron chi connectivity index (χ2n) is 2.08. The second kappa shape index (κ2) is 4.36. The molecule has 1 rings (SSSR count). The van der Waals surface area contributed by atoms with Crippen LogP contribution in [0.1, 0.15) is 5.69 Å². The first-order chi connectivity index (χ1) is 4.93. The molecule has 1 aromatic rings. The van der Waals surface area contributed by atoms with Gasteiger partial charge in [0.1, 0.15) is 0 Å². The standard InChI is InChI=1S/C7H11ClN2/c8-6-9-5-3-7-2-1-4-10-7/h1-2,4,9-10H,3,5-6H2. The number of aromatic amines is 1. The number of halogens is 1. The lowest BCUT2D eigenvalue weighted by Crippen LogP contribution is -2.14. The van der Waals surface area contributed by atoms with Crippen molar-refractivity contribution >= 4 is 11.6 Å². The van der Waals surface area contributed by atoms with Crippen molar-refractivity contribution in [3.8, 4) is 0 Å².